The van der Waals surface area contributed by atoms with Crippen LogP contribution in [-0.2, 0) is 4.79 Å². The molecule has 1 saturated heterocycles. The summed E-state index contributed by atoms with van der Waals surface area (Å²) in [5.74, 6) is 0.926. The fourth-order valence-electron chi connectivity index (χ4n) is 2.95. The lowest BCUT2D eigenvalue weighted by Gasteiger charge is -2.25. The molecule has 3 nitrogen and oxygen atoms in total. The number of nitrogens with one attached hydrogen (secondary N) is 1. The molecule has 1 saturated carbocycles. The quantitative estimate of drug-likeness (QED) is 0.846. The SMILES string of the molecule is CSc1ccc(C2NC3(CC3)C(=O)N2CCC(C)C)cc1. The Labute approximate surface area is 131 Å². The number of benzene rings is 1. The topological polar surface area (TPSA) is 32.3 Å². The molecule has 1 aromatic carbocycles. The molecule has 1 N–H and O–H groups in total. The molecule has 114 valence electrons. The second-order valence-electron chi connectivity index (χ2n) is 6.58. The molecule has 1 aliphatic carbocycles. The van der Waals surface area contributed by atoms with Gasteiger partial charge >= 0.3 is 0 Å². The highest BCUT2D eigenvalue weighted by Crippen LogP contribution is 2.46. The number of amides is 1. The van der Waals surface area contributed by atoms with Crippen molar-refractivity contribution in [2.75, 3.05) is 12.8 Å². The Morgan fingerprint density at radius 1 is 1.33 bits per heavy atom. The van der Waals surface area contributed by atoms with Gasteiger partial charge in [0.05, 0.1) is 0 Å². The van der Waals surface area contributed by atoms with E-state index in [1.54, 1.807) is 11.8 Å². The molecule has 0 aromatic heterocycles. The lowest BCUT2D eigenvalue weighted by molar-refractivity contribution is -0.131. The van der Waals surface area contributed by atoms with Crippen LogP contribution in [0.5, 0.6) is 0 Å². The number of carbonyl (C=O) groups is 1. The van der Waals surface area contributed by atoms with Crippen molar-refractivity contribution in [3.63, 3.8) is 0 Å². The minimum atomic E-state index is -0.236. The van der Waals surface area contributed by atoms with Crippen molar-refractivity contribution in [1.29, 1.82) is 0 Å². The number of carbonyl (C=O) groups excluding carboxylic acids is 1. The lowest BCUT2D eigenvalue weighted by atomic mass is 10.1. The van der Waals surface area contributed by atoms with Gasteiger partial charge in [-0.3, -0.25) is 10.1 Å². The molecule has 21 heavy (non-hydrogen) atoms. The zero-order valence-electron chi connectivity index (χ0n) is 13.1. The molecular formula is C17H24N2OS. The van der Waals surface area contributed by atoms with Crippen molar-refractivity contribution in [2.24, 2.45) is 5.92 Å². The maximum Gasteiger partial charge on any atom is 0.244 e. The number of thioether (sulfide) groups is 1. The Kier molecular flexibility index (Phi) is 4.02. The number of rotatable bonds is 5. The molecular weight excluding hydrogens is 280 g/mol. The molecule has 1 spiro atoms. The highest BCUT2D eigenvalue weighted by atomic mass is 32.2. The van der Waals surface area contributed by atoms with Gasteiger partial charge < -0.3 is 4.90 Å². The number of hydrogen-bond donors (Lipinski definition) is 1. The van der Waals surface area contributed by atoms with Gasteiger partial charge in [-0.2, -0.15) is 0 Å². The Balaban J connectivity index is 1.81. The first-order valence-electron chi connectivity index (χ1n) is 7.78. The summed E-state index contributed by atoms with van der Waals surface area (Å²) in [4.78, 5) is 16.0. The minimum Gasteiger partial charge on any atom is -0.321 e. The van der Waals surface area contributed by atoms with Crippen molar-refractivity contribution >= 4 is 17.7 Å². The van der Waals surface area contributed by atoms with Crippen LogP contribution in [0.1, 0.15) is 44.8 Å². The lowest BCUT2D eigenvalue weighted by Crippen LogP contribution is -2.33. The minimum absolute atomic E-state index is 0.0506. The summed E-state index contributed by atoms with van der Waals surface area (Å²) in [6.45, 7) is 5.27. The van der Waals surface area contributed by atoms with E-state index in [4.69, 9.17) is 0 Å². The second-order valence-corrected chi connectivity index (χ2v) is 7.46. The average molecular weight is 304 g/mol. The molecule has 3 rings (SSSR count). The van der Waals surface area contributed by atoms with Crippen molar-refractivity contribution in [2.45, 2.75) is 49.7 Å². The molecule has 1 atom stereocenters. The van der Waals surface area contributed by atoms with Crippen molar-refractivity contribution < 1.29 is 4.79 Å². The monoisotopic (exact) mass is 304 g/mol. The van der Waals surface area contributed by atoms with Gasteiger partial charge in [0.2, 0.25) is 5.91 Å². The fourth-order valence-corrected chi connectivity index (χ4v) is 3.36. The first kappa shape index (κ1) is 14.9. The predicted molar refractivity (Wildman–Crippen MR) is 87.2 cm³/mol. The standard InChI is InChI=1S/C17H24N2OS/c1-12(2)8-11-19-15(18-17(9-10-17)16(19)20)13-4-6-14(21-3)7-5-13/h4-7,12,15,18H,8-11H2,1-3H3. The highest BCUT2D eigenvalue weighted by molar-refractivity contribution is 7.98. The van der Waals surface area contributed by atoms with Gasteiger partial charge in [0, 0.05) is 11.4 Å². The van der Waals surface area contributed by atoms with Crippen LogP contribution in [-0.4, -0.2) is 29.1 Å². The molecule has 1 unspecified atom stereocenters. The summed E-state index contributed by atoms with van der Waals surface area (Å²) in [5, 5.41) is 3.59. The van der Waals surface area contributed by atoms with Gasteiger partial charge in [-0.15, -0.1) is 11.8 Å². The second kappa shape index (κ2) is 5.65. The summed E-state index contributed by atoms with van der Waals surface area (Å²) in [5.41, 5.74) is 0.966. The van der Waals surface area contributed by atoms with E-state index in [9.17, 15) is 4.79 Å². The maximum absolute atomic E-state index is 12.7. The Morgan fingerprint density at radius 3 is 2.52 bits per heavy atom. The van der Waals surface area contributed by atoms with Crippen LogP contribution in [0.2, 0.25) is 0 Å². The molecule has 2 fully saturated rings. The van der Waals surface area contributed by atoms with E-state index in [0.29, 0.717) is 11.8 Å². The van der Waals surface area contributed by atoms with Gasteiger partial charge in [0.1, 0.15) is 11.7 Å². The molecule has 4 heteroatoms. The highest BCUT2D eigenvalue weighted by Gasteiger charge is 2.59. The van der Waals surface area contributed by atoms with Crippen LogP contribution in [0.25, 0.3) is 0 Å². The molecule has 0 radical (unpaired) electrons. The Hall–Kier alpha value is -1.00. The van der Waals surface area contributed by atoms with Gasteiger partial charge in [0.15, 0.2) is 0 Å². The number of hydrogen-bond acceptors (Lipinski definition) is 3. The van der Waals surface area contributed by atoms with E-state index in [2.05, 4.69) is 54.6 Å². The molecule has 2 aliphatic rings. The average Bonchev–Trinajstić information content (AvgIpc) is 3.21. The van der Waals surface area contributed by atoms with Gasteiger partial charge in [0.25, 0.3) is 0 Å². The van der Waals surface area contributed by atoms with Gasteiger partial charge in [-0.1, -0.05) is 26.0 Å². The summed E-state index contributed by atoms with van der Waals surface area (Å²) >= 11 is 1.75. The van der Waals surface area contributed by atoms with E-state index in [0.717, 1.165) is 25.8 Å². The first-order valence-corrected chi connectivity index (χ1v) is 9.01. The largest absolute Gasteiger partial charge is 0.321 e. The summed E-state index contributed by atoms with van der Waals surface area (Å²) in [7, 11) is 0. The third-order valence-electron chi connectivity index (χ3n) is 4.52. The van der Waals surface area contributed by atoms with Gasteiger partial charge in [-0.05, 0) is 49.1 Å². The Morgan fingerprint density at radius 2 is 2.00 bits per heavy atom. The van der Waals surface area contributed by atoms with Crippen molar-refractivity contribution in [3.05, 3.63) is 29.8 Å². The van der Waals surface area contributed by atoms with Crippen molar-refractivity contribution in [1.82, 2.24) is 10.2 Å². The fraction of sp³-hybridized carbons (Fsp3) is 0.588. The molecule has 1 amide bonds. The zero-order chi connectivity index (χ0) is 15.0. The summed E-state index contributed by atoms with van der Waals surface area (Å²) in [6, 6.07) is 8.59. The van der Waals surface area contributed by atoms with Crippen LogP contribution in [0.3, 0.4) is 0 Å². The normalized spacial score (nSPS) is 23.3. The number of nitrogens with zero attached hydrogens (tertiary/aromatic N) is 1. The van der Waals surface area contributed by atoms with E-state index >= 15 is 0 Å². The summed E-state index contributed by atoms with van der Waals surface area (Å²) in [6.07, 6.45) is 5.17. The van der Waals surface area contributed by atoms with E-state index in [-0.39, 0.29) is 11.7 Å². The van der Waals surface area contributed by atoms with Crippen LogP contribution < -0.4 is 5.32 Å². The molecule has 1 aromatic rings. The van der Waals surface area contributed by atoms with Crippen LogP contribution in [0.15, 0.2) is 29.2 Å². The van der Waals surface area contributed by atoms with Crippen LogP contribution >= 0.6 is 11.8 Å². The molecule has 0 bridgehead atoms. The third-order valence-corrected chi connectivity index (χ3v) is 5.27. The maximum atomic E-state index is 12.7. The van der Waals surface area contributed by atoms with E-state index in [1.165, 1.54) is 10.5 Å². The first-order chi connectivity index (χ1) is 10.1. The van der Waals surface area contributed by atoms with Gasteiger partial charge in [-0.25, -0.2) is 0 Å². The predicted octanol–water partition coefficient (Wildman–Crippen LogP) is 3.42. The van der Waals surface area contributed by atoms with Crippen molar-refractivity contribution in [3.8, 4) is 0 Å². The van der Waals surface area contributed by atoms with Crippen LogP contribution in [0, 0.1) is 5.92 Å². The Bertz CT molecular complexity index is 522. The van der Waals surface area contributed by atoms with Crippen LogP contribution in [0.4, 0.5) is 0 Å². The van der Waals surface area contributed by atoms with E-state index < -0.39 is 0 Å². The smallest absolute Gasteiger partial charge is 0.244 e. The molecule has 1 heterocycles. The van der Waals surface area contributed by atoms with E-state index in [1.807, 2.05) is 0 Å². The third kappa shape index (κ3) is 2.84. The zero-order valence-corrected chi connectivity index (χ0v) is 13.9. The molecule has 1 aliphatic heterocycles. The summed E-state index contributed by atoms with van der Waals surface area (Å²) < 4.78 is 0.